The Bertz CT molecular complexity index is 1470. The number of aliphatic hydroxyl groups excluding tert-OH is 6. The summed E-state index contributed by atoms with van der Waals surface area (Å²) < 4.78 is 17.5. The van der Waals surface area contributed by atoms with Crippen molar-refractivity contribution in [1.82, 2.24) is 0 Å². The summed E-state index contributed by atoms with van der Waals surface area (Å²) in [5.41, 5.74) is 2.37. The molecule has 2 saturated carbocycles. The number of carbonyl (C=O) groups excluding carboxylic acids is 1. The van der Waals surface area contributed by atoms with Gasteiger partial charge in [-0.1, -0.05) is 50.3 Å². The van der Waals surface area contributed by atoms with Gasteiger partial charge in [0.1, 0.15) is 30.2 Å². The molecule has 8 unspecified atom stereocenters. The third kappa shape index (κ3) is 6.68. The Kier molecular flexibility index (Phi) is 10.6. The van der Waals surface area contributed by atoms with E-state index in [1.54, 1.807) is 6.08 Å². The Labute approximate surface area is 287 Å². The number of hydrogen-bond donors (Lipinski definition) is 6. The Balaban J connectivity index is 1.17. The molecule has 1 aromatic rings. The number of cyclic esters (lactones) is 1. The molecular weight excluding hydrogens is 630 g/mol. The van der Waals surface area contributed by atoms with Gasteiger partial charge in [0.2, 0.25) is 0 Å². The van der Waals surface area contributed by atoms with Gasteiger partial charge < -0.3 is 49.7 Å². The first-order chi connectivity index (χ1) is 23.4. The molecule has 11 heteroatoms. The lowest BCUT2D eigenvalue weighted by molar-refractivity contribution is -0.329. The number of rotatable bonds is 9. The van der Waals surface area contributed by atoms with Crippen LogP contribution in [0.25, 0.3) is 6.08 Å². The molecule has 6 rings (SSSR count). The minimum atomic E-state index is -1.55. The zero-order valence-corrected chi connectivity index (χ0v) is 28.4. The van der Waals surface area contributed by atoms with Crippen LogP contribution < -0.4 is 4.90 Å². The number of esters is 1. The largest absolute Gasteiger partial charge is 0.423 e. The van der Waals surface area contributed by atoms with Crippen LogP contribution in [-0.4, -0.2) is 106 Å². The van der Waals surface area contributed by atoms with Gasteiger partial charge in [0.05, 0.1) is 37.5 Å². The second-order valence-corrected chi connectivity index (χ2v) is 14.9. The van der Waals surface area contributed by atoms with Crippen molar-refractivity contribution >= 4 is 17.7 Å². The van der Waals surface area contributed by atoms with Gasteiger partial charge in [-0.2, -0.15) is 0 Å². The summed E-state index contributed by atoms with van der Waals surface area (Å²) in [6.45, 7) is 8.88. The molecule has 4 fully saturated rings. The minimum Gasteiger partial charge on any atom is -0.423 e. The molecule has 268 valence electrons. The van der Waals surface area contributed by atoms with Crippen LogP contribution in [-0.2, 0) is 19.0 Å². The summed E-state index contributed by atoms with van der Waals surface area (Å²) in [4.78, 5) is 15.1. The molecule has 0 amide bonds. The maximum atomic E-state index is 12.9. The fraction of sp³-hybridized carbons (Fsp3) is 0.605. The number of nitrogens with zero attached hydrogens (tertiary/aromatic N) is 1. The van der Waals surface area contributed by atoms with Crippen molar-refractivity contribution in [2.24, 2.45) is 22.7 Å². The zero-order valence-electron chi connectivity index (χ0n) is 28.4. The van der Waals surface area contributed by atoms with Crippen molar-refractivity contribution in [2.45, 2.75) is 95.2 Å². The summed E-state index contributed by atoms with van der Waals surface area (Å²) in [6.07, 6.45) is 4.69. The van der Waals surface area contributed by atoms with Gasteiger partial charge >= 0.3 is 5.97 Å². The molecule has 49 heavy (non-hydrogen) atoms. The standard InChI is InChI=1S/C38H51NO10/c1-22-6-13-30-37(2,15-14-31(38(30,3)21-42)49-36-34(45)33(44)32(43)29(20-41)48-36)28(22)12-9-24-18-27(47-35(24)46)17-23-7-10-25(11-8-23)39-16-4-5-26(39)19-40/h7-12,17-18,26,28-34,36,40-45H,1,4-6,13-16,19-21H2,2-3H3/t26?,28?,29?,30?,31-,32?,33?,34?,36?,37-,38+/m1/s1. The molecule has 5 aliphatic rings. The van der Waals surface area contributed by atoms with E-state index >= 15 is 0 Å². The Morgan fingerprint density at radius 2 is 1.78 bits per heavy atom. The van der Waals surface area contributed by atoms with Crippen molar-refractivity contribution < 1.29 is 49.6 Å². The quantitative estimate of drug-likeness (QED) is 0.129. The van der Waals surface area contributed by atoms with E-state index in [1.807, 2.05) is 49.4 Å². The topological polar surface area (TPSA) is 169 Å². The van der Waals surface area contributed by atoms with E-state index < -0.39 is 54.8 Å². The molecule has 0 bridgehead atoms. The summed E-state index contributed by atoms with van der Waals surface area (Å²) >= 11 is 0. The van der Waals surface area contributed by atoms with Crippen LogP contribution in [0.5, 0.6) is 0 Å². The van der Waals surface area contributed by atoms with E-state index in [1.165, 1.54) is 0 Å². The summed E-state index contributed by atoms with van der Waals surface area (Å²) in [7, 11) is 0. The van der Waals surface area contributed by atoms with Crippen LogP contribution in [0.15, 0.2) is 66.0 Å². The highest BCUT2D eigenvalue weighted by molar-refractivity contribution is 5.96. The van der Waals surface area contributed by atoms with E-state index in [2.05, 4.69) is 18.4 Å². The second-order valence-electron chi connectivity index (χ2n) is 14.9. The number of ether oxygens (including phenoxy) is 3. The zero-order chi connectivity index (χ0) is 35.1. The molecule has 11 atom stereocenters. The molecule has 0 radical (unpaired) electrons. The van der Waals surface area contributed by atoms with Crippen LogP contribution in [0, 0.1) is 22.7 Å². The normalized spacial score (nSPS) is 40.6. The van der Waals surface area contributed by atoms with Crippen molar-refractivity contribution in [3.8, 4) is 0 Å². The first-order valence-electron chi connectivity index (χ1n) is 17.5. The SMILES string of the molecule is C=C1CCC2[C@](C)(CC[C@@H](OC3OC(CO)C(O)C(O)C3O)[C@@]2(C)CO)C1C=CC1=CC(=Cc2ccc(N3CCCC3CO)cc2)OC1=O. The van der Waals surface area contributed by atoms with Crippen molar-refractivity contribution in [1.29, 1.82) is 0 Å². The number of carbonyl (C=O) groups is 1. The Morgan fingerprint density at radius 1 is 1.02 bits per heavy atom. The lowest BCUT2D eigenvalue weighted by Gasteiger charge is -2.60. The maximum absolute atomic E-state index is 12.9. The van der Waals surface area contributed by atoms with Gasteiger partial charge in [0.25, 0.3) is 0 Å². The van der Waals surface area contributed by atoms with Crippen LogP contribution in [0.2, 0.25) is 0 Å². The first kappa shape index (κ1) is 35.9. The Hall–Kier alpha value is -2.87. The van der Waals surface area contributed by atoms with Gasteiger partial charge in [-0.3, -0.25) is 0 Å². The molecule has 3 heterocycles. The molecule has 0 spiro atoms. The lowest BCUT2D eigenvalue weighted by atomic mass is 9.46. The molecular formula is C38H51NO10. The predicted molar refractivity (Wildman–Crippen MR) is 182 cm³/mol. The molecule has 11 nitrogen and oxygen atoms in total. The highest BCUT2D eigenvalue weighted by atomic mass is 16.7. The third-order valence-corrected chi connectivity index (χ3v) is 12.0. The first-order valence-corrected chi connectivity index (χ1v) is 17.5. The number of hydrogen-bond acceptors (Lipinski definition) is 11. The van der Waals surface area contributed by atoms with Gasteiger partial charge in [-0.25, -0.2) is 4.79 Å². The predicted octanol–water partition coefficient (Wildman–Crippen LogP) is 2.59. The molecule has 2 aliphatic carbocycles. The number of benzene rings is 1. The van der Waals surface area contributed by atoms with Crippen molar-refractivity contribution in [3.63, 3.8) is 0 Å². The smallest absolute Gasteiger partial charge is 0.343 e. The molecule has 3 aliphatic heterocycles. The van der Waals surface area contributed by atoms with Crippen molar-refractivity contribution in [3.05, 3.63) is 71.5 Å². The summed E-state index contributed by atoms with van der Waals surface area (Å²) in [5.74, 6) is -0.0862. The van der Waals surface area contributed by atoms with E-state index in [-0.39, 0.29) is 36.5 Å². The average Bonchev–Trinajstić information content (AvgIpc) is 3.71. The monoisotopic (exact) mass is 681 g/mol. The highest BCUT2D eigenvalue weighted by Gasteiger charge is 2.59. The number of aliphatic hydroxyl groups is 6. The minimum absolute atomic E-state index is 0.0232. The Morgan fingerprint density at radius 3 is 2.47 bits per heavy atom. The van der Waals surface area contributed by atoms with Crippen molar-refractivity contribution in [2.75, 3.05) is 31.3 Å². The van der Waals surface area contributed by atoms with Gasteiger partial charge in [-0.05, 0) is 79.7 Å². The number of anilines is 1. The van der Waals surface area contributed by atoms with Gasteiger partial charge in [0, 0.05) is 23.6 Å². The summed E-state index contributed by atoms with van der Waals surface area (Å²) in [6, 6.07) is 8.15. The van der Waals surface area contributed by atoms with E-state index in [9.17, 15) is 35.4 Å². The van der Waals surface area contributed by atoms with Crippen LogP contribution >= 0.6 is 0 Å². The number of allylic oxidation sites excluding steroid dienone is 3. The van der Waals surface area contributed by atoms with Crippen LogP contribution in [0.1, 0.15) is 57.9 Å². The molecule has 2 saturated heterocycles. The summed E-state index contributed by atoms with van der Waals surface area (Å²) in [5, 5.41) is 61.3. The lowest BCUT2D eigenvalue weighted by Crippen LogP contribution is -2.63. The molecule has 0 aromatic heterocycles. The molecule has 1 aromatic carbocycles. The van der Waals surface area contributed by atoms with E-state index in [0.29, 0.717) is 24.2 Å². The fourth-order valence-corrected chi connectivity index (χ4v) is 9.13. The fourth-order valence-electron chi connectivity index (χ4n) is 9.13. The van der Waals surface area contributed by atoms with E-state index in [4.69, 9.17) is 14.2 Å². The highest BCUT2D eigenvalue weighted by Crippen LogP contribution is 2.62. The van der Waals surface area contributed by atoms with Crippen LogP contribution in [0.4, 0.5) is 5.69 Å². The molecule has 6 N–H and O–H groups in total. The van der Waals surface area contributed by atoms with Gasteiger partial charge in [-0.15, -0.1) is 0 Å². The second kappa shape index (κ2) is 14.4. The maximum Gasteiger partial charge on any atom is 0.343 e. The third-order valence-electron chi connectivity index (χ3n) is 12.0. The van der Waals surface area contributed by atoms with Crippen LogP contribution in [0.3, 0.4) is 0 Å². The van der Waals surface area contributed by atoms with E-state index in [0.717, 1.165) is 49.1 Å². The van der Waals surface area contributed by atoms with Gasteiger partial charge in [0.15, 0.2) is 6.29 Å². The number of fused-ring (bicyclic) bond motifs is 1. The average molecular weight is 682 g/mol.